The molecular weight excluding hydrogens is 474 g/mol. The van der Waals surface area contributed by atoms with Crippen LogP contribution in [0.5, 0.6) is 11.5 Å². The van der Waals surface area contributed by atoms with Crippen molar-refractivity contribution in [2.45, 2.75) is 51.5 Å². The molecule has 1 saturated heterocycles. The van der Waals surface area contributed by atoms with Gasteiger partial charge in [0.05, 0.1) is 27.9 Å². The average Bonchev–Trinajstić information content (AvgIpc) is 3.27. The molecule has 0 spiro atoms. The van der Waals surface area contributed by atoms with E-state index >= 15 is 0 Å². The van der Waals surface area contributed by atoms with Crippen molar-refractivity contribution in [1.29, 1.82) is 0 Å². The van der Waals surface area contributed by atoms with E-state index in [9.17, 15) is 5.11 Å². The molecule has 36 heavy (non-hydrogen) atoms. The summed E-state index contributed by atoms with van der Waals surface area (Å²) in [4.78, 5) is 9.32. The molecule has 0 saturated carbocycles. The average molecular weight is 512 g/mol. The Morgan fingerprint density at radius 1 is 1.14 bits per heavy atom. The first-order valence-corrected chi connectivity index (χ1v) is 13.9. The number of unbranched alkanes of at least 4 members (excludes halogenated alkanes) is 1. The summed E-state index contributed by atoms with van der Waals surface area (Å²) in [6.07, 6.45) is 2.29. The first-order valence-electron chi connectivity index (χ1n) is 13.1. The van der Waals surface area contributed by atoms with Crippen molar-refractivity contribution in [3.8, 4) is 11.5 Å². The fourth-order valence-corrected chi connectivity index (χ4v) is 5.91. The van der Waals surface area contributed by atoms with Crippen molar-refractivity contribution in [3.05, 3.63) is 53.0 Å². The molecule has 3 aromatic rings. The fraction of sp³-hybridized carbons (Fsp3) is 0.536. The Balaban J connectivity index is 1.04. The lowest BCUT2D eigenvalue weighted by Crippen LogP contribution is -2.55. The number of piperazine rings is 1. The summed E-state index contributed by atoms with van der Waals surface area (Å²) in [7, 11) is 0. The minimum absolute atomic E-state index is 0.149. The van der Waals surface area contributed by atoms with E-state index in [-0.39, 0.29) is 12.3 Å². The summed E-state index contributed by atoms with van der Waals surface area (Å²) >= 11 is 1.68. The third-order valence-electron chi connectivity index (χ3n) is 6.99. The number of benzene rings is 2. The van der Waals surface area contributed by atoms with Gasteiger partial charge in [-0.3, -0.25) is 4.90 Å². The van der Waals surface area contributed by atoms with Gasteiger partial charge in [-0.1, -0.05) is 18.2 Å². The van der Waals surface area contributed by atoms with Crippen LogP contribution in [0.25, 0.3) is 10.2 Å². The quantitative estimate of drug-likeness (QED) is 0.398. The molecule has 3 atom stereocenters. The second kappa shape index (κ2) is 11.9. The van der Waals surface area contributed by atoms with Crippen LogP contribution in [0.3, 0.4) is 0 Å². The summed E-state index contributed by atoms with van der Waals surface area (Å²) in [6.45, 7) is 10.1. The zero-order valence-corrected chi connectivity index (χ0v) is 22.1. The maximum Gasteiger partial charge on any atom is 0.178 e. The second-order valence-corrected chi connectivity index (χ2v) is 11.0. The SMILES string of the molecule is Cc1nc2cc(OC([C@@H](C)O)N3CCN(CCCCOC4CCOc5ccccc54)CC3)ccc2s1. The molecule has 2 unspecified atom stereocenters. The Bertz CT molecular complexity index is 1130. The van der Waals surface area contributed by atoms with E-state index in [0.717, 1.165) is 91.9 Å². The second-order valence-electron chi connectivity index (χ2n) is 9.73. The van der Waals surface area contributed by atoms with E-state index in [1.807, 2.05) is 31.2 Å². The molecule has 0 radical (unpaired) electrons. The van der Waals surface area contributed by atoms with Gasteiger partial charge >= 0.3 is 0 Å². The number of aryl methyl sites for hydroxylation is 1. The van der Waals surface area contributed by atoms with Crippen LogP contribution < -0.4 is 9.47 Å². The first-order chi connectivity index (χ1) is 17.6. The zero-order chi connectivity index (χ0) is 24.9. The van der Waals surface area contributed by atoms with Gasteiger partial charge < -0.3 is 24.2 Å². The fourth-order valence-electron chi connectivity index (χ4n) is 5.10. The summed E-state index contributed by atoms with van der Waals surface area (Å²) in [5.41, 5.74) is 2.13. The van der Waals surface area contributed by atoms with Crippen LogP contribution in [0.15, 0.2) is 42.5 Å². The van der Waals surface area contributed by atoms with Crippen molar-refractivity contribution in [2.24, 2.45) is 0 Å². The highest BCUT2D eigenvalue weighted by molar-refractivity contribution is 7.18. The minimum atomic E-state index is -0.586. The standard InChI is InChI=1S/C28H37N3O4S/c1-20(32)28(35-22-9-10-27-24(19-22)29-21(2)36-27)31-15-13-30(14-16-31)12-5-6-17-33-26-11-18-34-25-8-4-3-7-23(25)26/h3-4,7-10,19-20,26,28,32H,5-6,11-18H2,1-2H3/t20-,26?,28?/m1/s1. The number of thiazole rings is 1. The lowest BCUT2D eigenvalue weighted by atomic mass is 10.0. The van der Waals surface area contributed by atoms with Crippen LogP contribution >= 0.6 is 11.3 Å². The van der Waals surface area contributed by atoms with Crippen LogP contribution in [0.4, 0.5) is 0 Å². The molecule has 194 valence electrons. The molecule has 5 rings (SSSR count). The molecule has 1 aromatic heterocycles. The van der Waals surface area contributed by atoms with Gasteiger partial charge in [0.15, 0.2) is 6.23 Å². The molecule has 1 N–H and O–H groups in total. The van der Waals surface area contributed by atoms with Crippen LogP contribution in [0.2, 0.25) is 0 Å². The van der Waals surface area contributed by atoms with Crippen molar-refractivity contribution in [2.75, 3.05) is 45.9 Å². The Morgan fingerprint density at radius 3 is 2.81 bits per heavy atom. The summed E-state index contributed by atoms with van der Waals surface area (Å²) in [5.74, 6) is 1.72. The smallest absolute Gasteiger partial charge is 0.178 e. The largest absolute Gasteiger partial charge is 0.493 e. The summed E-state index contributed by atoms with van der Waals surface area (Å²) < 4.78 is 19.4. The molecule has 1 fully saturated rings. The third kappa shape index (κ3) is 6.18. The predicted molar refractivity (Wildman–Crippen MR) is 143 cm³/mol. The topological polar surface area (TPSA) is 67.3 Å². The molecule has 0 amide bonds. The molecule has 0 bridgehead atoms. The van der Waals surface area contributed by atoms with Gasteiger partial charge in [-0.2, -0.15) is 0 Å². The highest BCUT2D eigenvalue weighted by atomic mass is 32.1. The predicted octanol–water partition coefficient (Wildman–Crippen LogP) is 4.63. The molecule has 2 aliphatic rings. The number of aliphatic hydroxyl groups is 1. The Labute approximate surface area is 217 Å². The van der Waals surface area contributed by atoms with E-state index < -0.39 is 6.10 Å². The van der Waals surface area contributed by atoms with Gasteiger partial charge in [0.1, 0.15) is 17.6 Å². The number of aromatic nitrogens is 1. The maximum atomic E-state index is 10.5. The lowest BCUT2D eigenvalue weighted by Gasteiger charge is -2.40. The number of aliphatic hydroxyl groups excluding tert-OH is 1. The Morgan fingerprint density at radius 2 is 1.97 bits per heavy atom. The molecule has 8 heteroatoms. The molecule has 2 aliphatic heterocycles. The molecule has 0 aliphatic carbocycles. The number of hydrogen-bond acceptors (Lipinski definition) is 8. The summed E-state index contributed by atoms with van der Waals surface area (Å²) in [6, 6.07) is 14.2. The highest BCUT2D eigenvalue weighted by Gasteiger charge is 2.29. The Hall–Kier alpha value is -2.23. The molecule has 3 heterocycles. The van der Waals surface area contributed by atoms with Crippen molar-refractivity contribution in [3.63, 3.8) is 0 Å². The van der Waals surface area contributed by atoms with Gasteiger partial charge in [0.25, 0.3) is 0 Å². The lowest BCUT2D eigenvalue weighted by molar-refractivity contribution is -0.0746. The Kier molecular flexibility index (Phi) is 8.39. The zero-order valence-electron chi connectivity index (χ0n) is 21.3. The summed E-state index contributed by atoms with van der Waals surface area (Å²) in [5, 5.41) is 11.5. The van der Waals surface area contributed by atoms with Crippen LogP contribution in [0.1, 0.15) is 42.9 Å². The molecule has 7 nitrogen and oxygen atoms in total. The van der Waals surface area contributed by atoms with Crippen molar-refractivity contribution < 1.29 is 19.3 Å². The van der Waals surface area contributed by atoms with Gasteiger partial charge in [-0.25, -0.2) is 4.98 Å². The van der Waals surface area contributed by atoms with E-state index in [1.165, 1.54) is 5.56 Å². The number of para-hydroxylation sites is 1. The van der Waals surface area contributed by atoms with Crippen LogP contribution in [-0.2, 0) is 4.74 Å². The molecular formula is C28H37N3O4S. The van der Waals surface area contributed by atoms with Gasteiger partial charge in [-0.05, 0) is 51.4 Å². The normalized spacial score (nSPS) is 20.6. The number of fused-ring (bicyclic) bond motifs is 2. The highest BCUT2D eigenvalue weighted by Crippen LogP contribution is 2.34. The van der Waals surface area contributed by atoms with E-state index in [1.54, 1.807) is 18.3 Å². The van der Waals surface area contributed by atoms with Gasteiger partial charge in [0, 0.05) is 50.8 Å². The van der Waals surface area contributed by atoms with Gasteiger partial charge in [-0.15, -0.1) is 11.3 Å². The van der Waals surface area contributed by atoms with Gasteiger partial charge in [0.2, 0.25) is 0 Å². The minimum Gasteiger partial charge on any atom is -0.493 e. The van der Waals surface area contributed by atoms with Crippen molar-refractivity contribution >= 4 is 21.6 Å². The van der Waals surface area contributed by atoms with E-state index in [4.69, 9.17) is 14.2 Å². The molecule has 2 aromatic carbocycles. The van der Waals surface area contributed by atoms with Crippen molar-refractivity contribution in [1.82, 2.24) is 14.8 Å². The number of ether oxygens (including phenoxy) is 3. The number of nitrogens with zero attached hydrogens (tertiary/aromatic N) is 3. The van der Waals surface area contributed by atoms with Crippen LogP contribution in [0, 0.1) is 6.92 Å². The monoisotopic (exact) mass is 511 g/mol. The van der Waals surface area contributed by atoms with E-state index in [2.05, 4.69) is 33.0 Å². The number of rotatable bonds is 10. The third-order valence-corrected chi connectivity index (χ3v) is 7.95. The number of hydrogen-bond donors (Lipinski definition) is 1. The maximum absolute atomic E-state index is 10.5. The first kappa shape index (κ1) is 25.4. The van der Waals surface area contributed by atoms with Crippen LogP contribution in [-0.4, -0.2) is 78.2 Å². The van der Waals surface area contributed by atoms with E-state index in [0.29, 0.717) is 0 Å².